The smallest absolute Gasteiger partial charge is 0.223 e. The minimum Gasteiger partial charge on any atom is -0.494 e. The van der Waals surface area contributed by atoms with Crippen LogP contribution in [-0.2, 0) is 31.2 Å². The van der Waals surface area contributed by atoms with Crippen LogP contribution in [0.5, 0.6) is 5.75 Å². The lowest BCUT2D eigenvalue weighted by Gasteiger charge is -2.55. The van der Waals surface area contributed by atoms with Crippen LogP contribution in [0.2, 0.25) is 0 Å². The number of aliphatic hydroxyl groups is 3. The molecule has 242 valence electrons. The molecule has 0 bridgehead atoms. The SMILES string of the molecule is CCCCOC1[C@@H](OCCCC)[C@H](OCCCC)C(CO)(CO)OC1(O)c1ccc(F)c(Cc2ccc(OCC)cc2)c1. The van der Waals surface area contributed by atoms with Gasteiger partial charge < -0.3 is 39.0 Å². The summed E-state index contributed by atoms with van der Waals surface area (Å²) in [4.78, 5) is 0. The van der Waals surface area contributed by atoms with E-state index >= 15 is 4.39 Å². The van der Waals surface area contributed by atoms with Crippen molar-refractivity contribution in [2.75, 3.05) is 39.6 Å². The first-order valence-electron chi connectivity index (χ1n) is 15.8. The molecule has 3 rings (SSSR count). The second kappa shape index (κ2) is 17.4. The molecule has 1 fully saturated rings. The minimum atomic E-state index is -2.19. The van der Waals surface area contributed by atoms with Gasteiger partial charge in [-0.05, 0) is 61.6 Å². The number of aliphatic hydroxyl groups excluding tert-OH is 2. The topological polar surface area (TPSA) is 107 Å². The molecule has 9 heteroatoms. The quantitative estimate of drug-likeness (QED) is 0.186. The van der Waals surface area contributed by atoms with Crippen molar-refractivity contribution in [1.29, 1.82) is 0 Å². The van der Waals surface area contributed by atoms with E-state index in [1.165, 1.54) is 12.1 Å². The van der Waals surface area contributed by atoms with Crippen molar-refractivity contribution in [2.24, 2.45) is 0 Å². The van der Waals surface area contributed by atoms with E-state index in [2.05, 4.69) is 0 Å². The van der Waals surface area contributed by atoms with Crippen molar-refractivity contribution >= 4 is 0 Å². The maximum atomic E-state index is 15.2. The van der Waals surface area contributed by atoms with Crippen LogP contribution >= 0.6 is 0 Å². The van der Waals surface area contributed by atoms with Gasteiger partial charge in [0.25, 0.3) is 0 Å². The molecular formula is C34H51FO8. The molecule has 43 heavy (non-hydrogen) atoms. The Morgan fingerprint density at radius 2 is 1.37 bits per heavy atom. The Hall–Kier alpha value is -2.11. The summed E-state index contributed by atoms with van der Waals surface area (Å²) in [5, 5.41) is 33.7. The molecule has 1 aliphatic heterocycles. The first-order valence-corrected chi connectivity index (χ1v) is 15.8. The zero-order chi connectivity index (χ0) is 31.3. The van der Waals surface area contributed by atoms with Crippen molar-refractivity contribution in [3.05, 3.63) is 65.0 Å². The van der Waals surface area contributed by atoms with Crippen LogP contribution in [0.1, 0.15) is 82.9 Å². The van der Waals surface area contributed by atoms with E-state index in [1.807, 2.05) is 52.0 Å². The van der Waals surface area contributed by atoms with Gasteiger partial charge in [0.2, 0.25) is 5.79 Å². The summed E-state index contributed by atoms with van der Waals surface area (Å²) < 4.78 is 46.0. The van der Waals surface area contributed by atoms with Gasteiger partial charge in [0, 0.05) is 31.8 Å². The monoisotopic (exact) mass is 606 g/mol. The zero-order valence-corrected chi connectivity index (χ0v) is 26.2. The number of hydrogen-bond donors (Lipinski definition) is 3. The largest absolute Gasteiger partial charge is 0.494 e. The molecule has 2 aromatic carbocycles. The molecule has 1 saturated heterocycles. The van der Waals surface area contributed by atoms with Gasteiger partial charge in [-0.15, -0.1) is 0 Å². The molecule has 2 unspecified atom stereocenters. The summed E-state index contributed by atoms with van der Waals surface area (Å²) in [5.41, 5.74) is -0.279. The molecule has 1 heterocycles. The van der Waals surface area contributed by atoms with Crippen molar-refractivity contribution in [1.82, 2.24) is 0 Å². The van der Waals surface area contributed by atoms with E-state index in [1.54, 1.807) is 6.07 Å². The number of ether oxygens (including phenoxy) is 5. The van der Waals surface area contributed by atoms with Crippen LogP contribution in [0, 0.1) is 5.82 Å². The van der Waals surface area contributed by atoms with E-state index in [-0.39, 0.29) is 12.0 Å². The standard InChI is InChI=1S/C34H51FO8/c1-5-9-18-40-30-31(41-19-10-6-2)33(23-36,24-37)43-34(38,32(30)42-20-11-7-3)27-14-17-29(35)26(22-27)21-25-12-15-28(16-13-25)39-8-4/h12-17,22,30-32,36-38H,5-11,18-21,23-24H2,1-4H3/t30-,31-,32?,34?/m0/s1. The van der Waals surface area contributed by atoms with Crippen molar-refractivity contribution < 1.29 is 43.4 Å². The lowest BCUT2D eigenvalue weighted by atomic mass is 9.80. The summed E-state index contributed by atoms with van der Waals surface area (Å²) >= 11 is 0. The van der Waals surface area contributed by atoms with Crippen molar-refractivity contribution in [3.8, 4) is 5.75 Å². The fraction of sp³-hybridized carbons (Fsp3) is 0.647. The average molecular weight is 607 g/mol. The van der Waals surface area contributed by atoms with Gasteiger partial charge in [-0.25, -0.2) is 4.39 Å². The van der Waals surface area contributed by atoms with Gasteiger partial charge in [-0.2, -0.15) is 0 Å². The first-order chi connectivity index (χ1) is 20.8. The molecule has 0 aliphatic carbocycles. The molecule has 0 radical (unpaired) electrons. The summed E-state index contributed by atoms with van der Waals surface area (Å²) in [7, 11) is 0. The van der Waals surface area contributed by atoms with E-state index in [0.717, 1.165) is 49.8 Å². The Bertz CT molecular complexity index is 1080. The van der Waals surface area contributed by atoms with Crippen LogP contribution in [0.25, 0.3) is 0 Å². The molecule has 2 aromatic rings. The van der Waals surface area contributed by atoms with Gasteiger partial charge in [0.05, 0.1) is 19.8 Å². The fourth-order valence-electron chi connectivity index (χ4n) is 5.35. The third-order valence-corrected chi connectivity index (χ3v) is 7.88. The molecular weight excluding hydrogens is 555 g/mol. The van der Waals surface area contributed by atoms with Gasteiger partial charge in [-0.3, -0.25) is 0 Å². The maximum Gasteiger partial charge on any atom is 0.223 e. The molecule has 3 N–H and O–H groups in total. The third kappa shape index (κ3) is 8.75. The minimum absolute atomic E-state index is 0.235. The highest BCUT2D eigenvalue weighted by Gasteiger charge is 2.63. The summed E-state index contributed by atoms with van der Waals surface area (Å²) in [6.45, 7) is 8.32. The third-order valence-electron chi connectivity index (χ3n) is 7.88. The number of unbranched alkanes of at least 4 members (excludes halogenated alkanes) is 3. The van der Waals surface area contributed by atoms with E-state index in [4.69, 9.17) is 23.7 Å². The second-order valence-electron chi connectivity index (χ2n) is 11.2. The Labute approximate surface area is 256 Å². The Morgan fingerprint density at radius 3 is 1.93 bits per heavy atom. The fourth-order valence-corrected chi connectivity index (χ4v) is 5.35. The number of benzene rings is 2. The van der Waals surface area contributed by atoms with Crippen LogP contribution in [0.3, 0.4) is 0 Å². The predicted molar refractivity (Wildman–Crippen MR) is 163 cm³/mol. The number of hydrogen-bond acceptors (Lipinski definition) is 8. The van der Waals surface area contributed by atoms with Crippen LogP contribution in [-0.4, -0.2) is 78.9 Å². The molecule has 0 saturated carbocycles. The first kappa shape index (κ1) is 35.4. The summed E-state index contributed by atoms with van der Waals surface area (Å²) in [6, 6.07) is 11.7. The predicted octanol–water partition coefficient (Wildman–Crippen LogP) is 5.27. The van der Waals surface area contributed by atoms with E-state index < -0.39 is 48.7 Å². The molecule has 8 nitrogen and oxygen atoms in total. The summed E-state index contributed by atoms with van der Waals surface area (Å²) in [5.74, 6) is -1.90. The zero-order valence-electron chi connectivity index (χ0n) is 26.2. The average Bonchev–Trinajstić information content (AvgIpc) is 3.01. The second-order valence-corrected chi connectivity index (χ2v) is 11.2. The highest BCUT2D eigenvalue weighted by molar-refractivity contribution is 5.36. The van der Waals surface area contributed by atoms with E-state index in [9.17, 15) is 15.3 Å². The summed E-state index contributed by atoms with van der Waals surface area (Å²) in [6.07, 6.45) is 2.22. The van der Waals surface area contributed by atoms with Gasteiger partial charge >= 0.3 is 0 Å². The molecule has 0 aromatic heterocycles. The van der Waals surface area contributed by atoms with E-state index in [0.29, 0.717) is 32.0 Å². The normalized spacial score (nSPS) is 23.4. The van der Waals surface area contributed by atoms with Gasteiger partial charge in [0.15, 0.2) is 0 Å². The molecule has 0 spiro atoms. The van der Waals surface area contributed by atoms with Gasteiger partial charge in [0.1, 0.15) is 35.5 Å². The highest BCUT2D eigenvalue weighted by Crippen LogP contribution is 2.45. The Kier molecular flexibility index (Phi) is 14.3. The lowest BCUT2D eigenvalue weighted by molar-refractivity contribution is -0.408. The Balaban J connectivity index is 2.08. The van der Waals surface area contributed by atoms with Crippen molar-refractivity contribution in [3.63, 3.8) is 0 Å². The number of rotatable bonds is 19. The maximum absolute atomic E-state index is 15.2. The molecule has 1 aliphatic rings. The van der Waals surface area contributed by atoms with Crippen LogP contribution in [0.4, 0.5) is 4.39 Å². The van der Waals surface area contributed by atoms with Crippen molar-refractivity contribution in [2.45, 2.75) is 102 Å². The molecule has 0 amide bonds. The lowest BCUT2D eigenvalue weighted by Crippen LogP contribution is -2.72. The van der Waals surface area contributed by atoms with Crippen LogP contribution < -0.4 is 4.74 Å². The number of halogens is 1. The Morgan fingerprint density at radius 1 is 0.791 bits per heavy atom. The van der Waals surface area contributed by atoms with Crippen LogP contribution in [0.15, 0.2) is 42.5 Å². The highest BCUT2D eigenvalue weighted by atomic mass is 19.1. The van der Waals surface area contributed by atoms with Gasteiger partial charge in [-0.1, -0.05) is 58.2 Å². The molecule has 4 atom stereocenters.